The summed E-state index contributed by atoms with van der Waals surface area (Å²) < 4.78 is 2.17. The molecule has 0 spiro atoms. The van der Waals surface area contributed by atoms with Gasteiger partial charge in [0.15, 0.2) is 0 Å². The van der Waals surface area contributed by atoms with E-state index in [-0.39, 0.29) is 11.8 Å². The first-order valence-corrected chi connectivity index (χ1v) is 11.0. The zero-order valence-electron chi connectivity index (χ0n) is 16.8. The highest BCUT2D eigenvalue weighted by Gasteiger charge is 2.22. The third kappa shape index (κ3) is 4.34. The maximum atomic E-state index is 12.8. The molecule has 2 N–H and O–H groups in total. The van der Waals surface area contributed by atoms with Crippen LogP contribution in [0.2, 0.25) is 0 Å². The molecule has 0 atom stereocenters. The van der Waals surface area contributed by atoms with E-state index in [1.54, 1.807) is 24.3 Å². The molecular formula is C22H26N4O2S. The van der Waals surface area contributed by atoms with Crippen molar-refractivity contribution in [3.8, 4) is 0 Å². The van der Waals surface area contributed by atoms with Crippen LogP contribution in [0.1, 0.15) is 66.9 Å². The molecule has 0 radical (unpaired) electrons. The molecule has 0 bridgehead atoms. The van der Waals surface area contributed by atoms with Gasteiger partial charge in [-0.1, -0.05) is 25.7 Å². The van der Waals surface area contributed by atoms with E-state index in [2.05, 4.69) is 15.3 Å². The predicted molar refractivity (Wildman–Crippen MR) is 118 cm³/mol. The molecule has 0 aliphatic heterocycles. The fraction of sp³-hybridized carbons (Fsp3) is 0.409. The summed E-state index contributed by atoms with van der Waals surface area (Å²) in [6, 6.07) is 9.51. The topological polar surface area (TPSA) is 76.0 Å². The number of anilines is 2. The first-order chi connectivity index (χ1) is 14.0. The van der Waals surface area contributed by atoms with Crippen molar-refractivity contribution in [2.45, 2.75) is 58.4 Å². The van der Waals surface area contributed by atoms with Crippen LogP contribution in [0, 0.1) is 6.92 Å². The molecule has 1 aliphatic carbocycles. The Kier molecular flexibility index (Phi) is 5.67. The Bertz CT molecular complexity index is 1030. The lowest BCUT2D eigenvalue weighted by Gasteiger charge is -2.15. The molecule has 2 heterocycles. The average molecular weight is 411 g/mol. The van der Waals surface area contributed by atoms with Crippen molar-refractivity contribution in [1.82, 2.24) is 9.78 Å². The van der Waals surface area contributed by atoms with Crippen molar-refractivity contribution in [3.63, 3.8) is 0 Å². The van der Waals surface area contributed by atoms with Gasteiger partial charge in [-0.15, -0.1) is 11.3 Å². The number of fused-ring (bicyclic) bond motifs is 1. The molecule has 1 saturated carbocycles. The smallest absolute Gasteiger partial charge is 0.265 e. The lowest BCUT2D eigenvalue weighted by Crippen LogP contribution is -2.11. The fourth-order valence-electron chi connectivity index (χ4n) is 3.97. The number of nitrogens with zero attached hydrogens (tertiary/aromatic N) is 2. The van der Waals surface area contributed by atoms with Crippen LogP contribution in [0.15, 0.2) is 30.3 Å². The van der Waals surface area contributed by atoms with Gasteiger partial charge in [0.1, 0.15) is 4.83 Å². The van der Waals surface area contributed by atoms with Crippen LogP contribution < -0.4 is 10.6 Å². The van der Waals surface area contributed by atoms with Crippen molar-refractivity contribution >= 4 is 44.7 Å². The zero-order chi connectivity index (χ0) is 20.4. The van der Waals surface area contributed by atoms with Crippen LogP contribution >= 0.6 is 11.3 Å². The highest BCUT2D eigenvalue weighted by Crippen LogP contribution is 2.35. The maximum absolute atomic E-state index is 12.8. The maximum Gasteiger partial charge on any atom is 0.265 e. The number of nitrogens with one attached hydrogen (secondary N) is 2. The number of aromatic nitrogens is 2. The summed E-state index contributed by atoms with van der Waals surface area (Å²) >= 11 is 1.52. The first kappa shape index (κ1) is 19.6. The van der Waals surface area contributed by atoms with Gasteiger partial charge in [0.2, 0.25) is 5.91 Å². The molecule has 4 rings (SSSR count). The highest BCUT2D eigenvalue weighted by atomic mass is 32.1. The molecule has 0 unspecified atom stereocenters. The number of amides is 2. The van der Waals surface area contributed by atoms with Gasteiger partial charge in [-0.3, -0.25) is 14.3 Å². The van der Waals surface area contributed by atoms with E-state index in [1.807, 2.05) is 13.0 Å². The number of rotatable bonds is 4. The average Bonchev–Trinajstić information content (AvgIpc) is 3.13. The Hall–Kier alpha value is -2.67. The molecular weight excluding hydrogens is 384 g/mol. The number of carbonyl (C=O) groups is 2. The van der Waals surface area contributed by atoms with Gasteiger partial charge in [0, 0.05) is 23.7 Å². The lowest BCUT2D eigenvalue weighted by molar-refractivity contribution is -0.114. The number of carbonyl (C=O) groups excluding carboxylic acids is 2. The SMILES string of the molecule is CC(=O)Nc1ccc(NC(=O)c2cc3c(C)nn(C4CCCCCC4)c3s2)cc1. The lowest BCUT2D eigenvalue weighted by atomic mass is 10.1. The Balaban J connectivity index is 1.53. The van der Waals surface area contributed by atoms with Crippen LogP contribution in [0.4, 0.5) is 11.4 Å². The second kappa shape index (κ2) is 8.37. The van der Waals surface area contributed by atoms with Crippen LogP contribution in [-0.4, -0.2) is 21.6 Å². The quantitative estimate of drug-likeness (QED) is 0.557. The van der Waals surface area contributed by atoms with E-state index < -0.39 is 0 Å². The molecule has 7 heteroatoms. The van der Waals surface area contributed by atoms with Gasteiger partial charge in [0.05, 0.1) is 16.6 Å². The number of aryl methyl sites for hydroxylation is 1. The molecule has 152 valence electrons. The second-order valence-electron chi connectivity index (χ2n) is 7.72. The Morgan fingerprint density at radius 2 is 1.66 bits per heavy atom. The molecule has 1 aromatic carbocycles. The predicted octanol–water partition coefficient (Wildman–Crippen LogP) is 5.51. The summed E-state index contributed by atoms with van der Waals surface area (Å²) in [5, 5.41) is 11.5. The van der Waals surface area contributed by atoms with Crippen molar-refractivity contribution < 1.29 is 9.59 Å². The van der Waals surface area contributed by atoms with Gasteiger partial charge >= 0.3 is 0 Å². The van der Waals surface area contributed by atoms with Gasteiger partial charge in [-0.05, 0) is 50.1 Å². The summed E-state index contributed by atoms with van der Waals surface area (Å²) in [7, 11) is 0. The second-order valence-corrected chi connectivity index (χ2v) is 8.75. The van der Waals surface area contributed by atoms with Gasteiger partial charge in [-0.2, -0.15) is 5.10 Å². The number of thiophene rings is 1. The van der Waals surface area contributed by atoms with Crippen molar-refractivity contribution in [1.29, 1.82) is 0 Å². The van der Waals surface area contributed by atoms with Crippen LogP contribution in [0.5, 0.6) is 0 Å². The molecule has 2 aromatic heterocycles. The monoisotopic (exact) mass is 410 g/mol. The molecule has 2 amide bonds. The molecule has 1 aliphatic rings. The minimum Gasteiger partial charge on any atom is -0.326 e. The molecule has 0 saturated heterocycles. The van der Waals surface area contributed by atoms with E-state index in [9.17, 15) is 9.59 Å². The summed E-state index contributed by atoms with van der Waals surface area (Å²) in [5.41, 5.74) is 2.39. The molecule has 3 aromatic rings. The third-order valence-corrected chi connectivity index (χ3v) is 6.55. The molecule has 1 fully saturated rings. The van der Waals surface area contributed by atoms with Gasteiger partial charge in [0.25, 0.3) is 5.91 Å². The zero-order valence-corrected chi connectivity index (χ0v) is 17.6. The van der Waals surface area contributed by atoms with E-state index in [4.69, 9.17) is 5.10 Å². The van der Waals surface area contributed by atoms with Crippen molar-refractivity contribution in [2.24, 2.45) is 0 Å². The summed E-state index contributed by atoms with van der Waals surface area (Å²) in [4.78, 5) is 25.7. The van der Waals surface area contributed by atoms with Gasteiger partial charge in [-0.25, -0.2) is 0 Å². The fourth-order valence-corrected chi connectivity index (χ4v) is 5.10. The normalized spacial score (nSPS) is 15.2. The van der Waals surface area contributed by atoms with E-state index >= 15 is 0 Å². The van der Waals surface area contributed by atoms with Crippen molar-refractivity contribution in [3.05, 3.63) is 40.9 Å². The van der Waals surface area contributed by atoms with E-state index in [0.29, 0.717) is 22.3 Å². The number of hydrogen-bond donors (Lipinski definition) is 2. The van der Waals surface area contributed by atoms with E-state index in [1.165, 1.54) is 43.9 Å². The summed E-state index contributed by atoms with van der Waals surface area (Å²) in [6.07, 6.45) is 7.43. The first-order valence-electron chi connectivity index (χ1n) is 10.2. The van der Waals surface area contributed by atoms with Crippen LogP contribution in [0.3, 0.4) is 0 Å². The number of hydrogen-bond acceptors (Lipinski definition) is 4. The van der Waals surface area contributed by atoms with Gasteiger partial charge < -0.3 is 10.6 Å². The molecule has 29 heavy (non-hydrogen) atoms. The van der Waals surface area contributed by atoms with E-state index in [0.717, 1.165) is 28.8 Å². The Morgan fingerprint density at radius 1 is 1.03 bits per heavy atom. The minimum absolute atomic E-state index is 0.120. The summed E-state index contributed by atoms with van der Waals surface area (Å²) in [5.74, 6) is -0.240. The Morgan fingerprint density at radius 3 is 2.28 bits per heavy atom. The molecule has 6 nitrogen and oxygen atoms in total. The Labute approximate surface area is 174 Å². The largest absolute Gasteiger partial charge is 0.326 e. The highest BCUT2D eigenvalue weighted by molar-refractivity contribution is 7.20. The minimum atomic E-state index is -0.120. The summed E-state index contributed by atoms with van der Waals surface area (Å²) in [6.45, 7) is 3.49. The van der Waals surface area contributed by atoms with Crippen LogP contribution in [0.25, 0.3) is 10.2 Å². The third-order valence-electron chi connectivity index (χ3n) is 5.43. The number of benzene rings is 1. The standard InChI is InChI=1S/C22H26N4O2S/c1-14-19-13-20(21(28)24-17-11-9-16(10-12-17)23-15(2)27)29-22(19)26(25-14)18-7-5-3-4-6-8-18/h9-13,18H,3-8H2,1-2H3,(H,23,27)(H,24,28). The van der Waals surface area contributed by atoms with Crippen molar-refractivity contribution in [2.75, 3.05) is 10.6 Å². The van der Waals surface area contributed by atoms with Crippen LogP contribution in [-0.2, 0) is 4.79 Å².